The molecule has 1 aromatic carbocycles. The number of hydrogen-bond acceptors (Lipinski definition) is 5. The van der Waals surface area contributed by atoms with E-state index in [-0.39, 0.29) is 29.4 Å². The molecule has 1 aliphatic heterocycles. The molecule has 1 aromatic rings. The van der Waals surface area contributed by atoms with Crippen molar-refractivity contribution in [2.45, 2.75) is 6.42 Å². The van der Waals surface area contributed by atoms with E-state index < -0.39 is 32.7 Å². The average Bonchev–Trinajstić information content (AvgIpc) is 2.68. The largest absolute Gasteiger partial charge is 0.312 e. The second-order valence-electron chi connectivity index (χ2n) is 4.67. The Bertz CT molecular complexity index is 709. The number of benzene rings is 1. The molecule has 114 valence electrons. The average molecular weight is 337 g/mol. The SMILES string of the molecule is O=C1CC(CS(=O)(=O)F)CN1c1ccc(Cl)c([N+](=O)[O-])c1. The molecule has 1 saturated heterocycles. The fourth-order valence-electron chi connectivity index (χ4n) is 2.23. The van der Waals surface area contributed by atoms with Gasteiger partial charge in [-0.25, -0.2) is 0 Å². The minimum atomic E-state index is -4.67. The number of anilines is 1. The van der Waals surface area contributed by atoms with Crippen molar-refractivity contribution in [2.75, 3.05) is 17.2 Å². The summed E-state index contributed by atoms with van der Waals surface area (Å²) in [5, 5.41) is 10.7. The van der Waals surface area contributed by atoms with Crippen LogP contribution in [0, 0.1) is 16.0 Å². The first-order valence-corrected chi connectivity index (χ1v) is 7.77. The maximum atomic E-state index is 12.7. The number of nitro groups is 1. The Morgan fingerprint density at radius 3 is 2.71 bits per heavy atom. The summed E-state index contributed by atoms with van der Waals surface area (Å²) in [6, 6.07) is 3.83. The highest BCUT2D eigenvalue weighted by molar-refractivity contribution is 7.86. The first-order valence-electron chi connectivity index (χ1n) is 5.84. The lowest BCUT2D eigenvalue weighted by atomic mass is 10.1. The molecular weight excluding hydrogens is 327 g/mol. The molecule has 1 heterocycles. The molecule has 0 aromatic heterocycles. The van der Waals surface area contributed by atoms with Crippen molar-refractivity contribution in [2.24, 2.45) is 5.92 Å². The van der Waals surface area contributed by atoms with E-state index in [9.17, 15) is 27.2 Å². The van der Waals surface area contributed by atoms with E-state index >= 15 is 0 Å². The molecular formula is C11H10ClFN2O5S. The highest BCUT2D eigenvalue weighted by Gasteiger charge is 2.34. The molecule has 0 saturated carbocycles. The lowest BCUT2D eigenvalue weighted by molar-refractivity contribution is -0.384. The van der Waals surface area contributed by atoms with E-state index in [1.807, 2.05) is 0 Å². The van der Waals surface area contributed by atoms with Gasteiger partial charge in [-0.3, -0.25) is 14.9 Å². The molecule has 1 fully saturated rings. The molecule has 1 amide bonds. The van der Waals surface area contributed by atoms with Crippen molar-refractivity contribution in [3.05, 3.63) is 33.3 Å². The quantitative estimate of drug-likeness (QED) is 0.475. The molecule has 1 aliphatic rings. The lowest BCUT2D eigenvalue weighted by Gasteiger charge is -2.16. The number of carbonyl (C=O) groups is 1. The van der Waals surface area contributed by atoms with Gasteiger partial charge in [-0.2, -0.15) is 8.42 Å². The Labute approximate surface area is 124 Å². The highest BCUT2D eigenvalue weighted by Crippen LogP contribution is 2.32. The Morgan fingerprint density at radius 2 is 2.14 bits per heavy atom. The third kappa shape index (κ3) is 3.67. The van der Waals surface area contributed by atoms with Crippen molar-refractivity contribution < 1.29 is 22.0 Å². The topological polar surface area (TPSA) is 97.6 Å². The van der Waals surface area contributed by atoms with Crippen LogP contribution >= 0.6 is 11.6 Å². The molecule has 0 radical (unpaired) electrons. The van der Waals surface area contributed by atoms with E-state index in [0.29, 0.717) is 0 Å². The summed E-state index contributed by atoms with van der Waals surface area (Å²) in [6.07, 6.45) is -0.125. The Morgan fingerprint density at radius 1 is 1.48 bits per heavy atom. The monoisotopic (exact) mass is 336 g/mol. The van der Waals surface area contributed by atoms with E-state index in [4.69, 9.17) is 11.6 Å². The van der Waals surface area contributed by atoms with Gasteiger partial charge < -0.3 is 4.90 Å². The Kier molecular flexibility index (Phi) is 4.15. The highest BCUT2D eigenvalue weighted by atomic mass is 35.5. The summed E-state index contributed by atoms with van der Waals surface area (Å²) < 4.78 is 33.9. The van der Waals surface area contributed by atoms with Gasteiger partial charge in [0.15, 0.2) is 0 Å². The summed E-state index contributed by atoms with van der Waals surface area (Å²) in [6.45, 7) is -0.0131. The molecule has 1 atom stereocenters. The molecule has 10 heteroatoms. The van der Waals surface area contributed by atoms with Crippen LogP contribution in [0.2, 0.25) is 5.02 Å². The Hall–Kier alpha value is -1.74. The minimum Gasteiger partial charge on any atom is -0.312 e. The maximum Gasteiger partial charge on any atom is 0.302 e. The van der Waals surface area contributed by atoms with Crippen LogP contribution < -0.4 is 4.90 Å². The molecule has 0 aliphatic carbocycles. The molecule has 0 spiro atoms. The van der Waals surface area contributed by atoms with Crippen molar-refractivity contribution >= 4 is 39.1 Å². The van der Waals surface area contributed by atoms with Crippen LogP contribution in [0.4, 0.5) is 15.3 Å². The summed E-state index contributed by atoms with van der Waals surface area (Å²) in [5.74, 6) is -1.84. The van der Waals surface area contributed by atoms with Crippen LogP contribution in [0.15, 0.2) is 18.2 Å². The third-order valence-electron chi connectivity index (χ3n) is 3.08. The molecule has 2 rings (SSSR count). The van der Waals surface area contributed by atoms with Gasteiger partial charge in [0.1, 0.15) is 5.02 Å². The van der Waals surface area contributed by atoms with Gasteiger partial charge in [0.25, 0.3) is 5.69 Å². The number of nitrogens with zero attached hydrogens (tertiary/aromatic N) is 2. The minimum absolute atomic E-state index is 0.0131. The van der Waals surface area contributed by atoms with Crippen molar-refractivity contribution in [3.63, 3.8) is 0 Å². The maximum absolute atomic E-state index is 12.7. The van der Waals surface area contributed by atoms with Crippen molar-refractivity contribution in [1.82, 2.24) is 0 Å². The van der Waals surface area contributed by atoms with Gasteiger partial charge in [0, 0.05) is 24.9 Å². The van der Waals surface area contributed by atoms with Gasteiger partial charge >= 0.3 is 10.2 Å². The summed E-state index contributed by atoms with van der Waals surface area (Å²) in [4.78, 5) is 23.2. The fourth-order valence-corrected chi connectivity index (χ4v) is 3.21. The van der Waals surface area contributed by atoms with Crippen LogP contribution in [0.1, 0.15) is 6.42 Å². The summed E-state index contributed by atoms with van der Waals surface area (Å²) in [5.41, 5.74) is -0.126. The van der Waals surface area contributed by atoms with Gasteiger partial charge in [0.2, 0.25) is 5.91 Å². The number of hydrogen-bond donors (Lipinski definition) is 0. The van der Waals surface area contributed by atoms with Crippen LogP contribution in [0.5, 0.6) is 0 Å². The van der Waals surface area contributed by atoms with Crippen LogP contribution in [0.3, 0.4) is 0 Å². The van der Waals surface area contributed by atoms with Gasteiger partial charge in [-0.05, 0) is 12.1 Å². The normalized spacial score (nSPS) is 19.0. The van der Waals surface area contributed by atoms with Gasteiger partial charge in [0.05, 0.1) is 16.4 Å². The molecule has 7 nitrogen and oxygen atoms in total. The lowest BCUT2D eigenvalue weighted by Crippen LogP contribution is -2.25. The number of rotatable bonds is 4. The zero-order chi connectivity index (χ0) is 15.8. The predicted octanol–water partition coefficient (Wildman–Crippen LogP) is 1.90. The zero-order valence-corrected chi connectivity index (χ0v) is 12.1. The second-order valence-corrected chi connectivity index (χ2v) is 6.49. The number of carbonyl (C=O) groups excluding carboxylic acids is 1. The number of halogens is 2. The molecule has 1 unspecified atom stereocenters. The summed E-state index contributed by atoms with van der Waals surface area (Å²) in [7, 11) is -4.67. The van der Waals surface area contributed by atoms with Gasteiger partial charge in [-0.1, -0.05) is 11.6 Å². The van der Waals surface area contributed by atoms with Crippen molar-refractivity contribution in [3.8, 4) is 0 Å². The first kappa shape index (κ1) is 15.6. The summed E-state index contributed by atoms with van der Waals surface area (Å²) >= 11 is 5.68. The number of amides is 1. The second kappa shape index (κ2) is 5.57. The third-order valence-corrected chi connectivity index (χ3v) is 4.27. The smallest absolute Gasteiger partial charge is 0.302 e. The fraction of sp³-hybridized carbons (Fsp3) is 0.364. The molecule has 0 bridgehead atoms. The van der Waals surface area contributed by atoms with Crippen LogP contribution in [-0.2, 0) is 15.0 Å². The van der Waals surface area contributed by atoms with Crippen LogP contribution in [0.25, 0.3) is 0 Å². The van der Waals surface area contributed by atoms with E-state index in [1.165, 1.54) is 17.0 Å². The zero-order valence-electron chi connectivity index (χ0n) is 10.5. The Balaban J connectivity index is 2.25. The molecule has 21 heavy (non-hydrogen) atoms. The first-order chi connectivity index (χ1) is 9.67. The van der Waals surface area contributed by atoms with E-state index in [1.54, 1.807) is 0 Å². The van der Waals surface area contributed by atoms with Crippen LogP contribution in [-0.4, -0.2) is 31.5 Å². The van der Waals surface area contributed by atoms with E-state index in [2.05, 4.69) is 0 Å². The predicted molar refractivity (Wildman–Crippen MR) is 73.5 cm³/mol. The van der Waals surface area contributed by atoms with Gasteiger partial charge in [-0.15, -0.1) is 3.89 Å². The number of nitro benzene ring substituents is 1. The van der Waals surface area contributed by atoms with Crippen molar-refractivity contribution in [1.29, 1.82) is 0 Å². The van der Waals surface area contributed by atoms with E-state index in [0.717, 1.165) is 6.07 Å². The standard InChI is InChI=1S/C11H10ClFN2O5S/c12-9-2-1-8(4-10(9)15(17)18)14-5-7(3-11(14)16)6-21(13,19)20/h1-2,4,7H,3,5-6H2. The molecule has 0 N–H and O–H groups in total.